The zero-order valence-corrected chi connectivity index (χ0v) is 26.2. The summed E-state index contributed by atoms with van der Waals surface area (Å²) in [7, 11) is 0. The van der Waals surface area contributed by atoms with Crippen LogP contribution in [0, 0.1) is 12.7 Å². The third-order valence-corrected chi connectivity index (χ3v) is 8.04. The molecule has 3 amide bonds. The van der Waals surface area contributed by atoms with Crippen LogP contribution in [0.4, 0.5) is 17.6 Å². The summed E-state index contributed by atoms with van der Waals surface area (Å²) in [5.41, 5.74) is -0.187. The molecule has 1 aliphatic rings. The zero-order chi connectivity index (χ0) is 34.6. The fraction of sp³-hybridized carbons (Fsp3) is 0.257. The van der Waals surface area contributed by atoms with Crippen LogP contribution < -0.4 is 10.1 Å². The molecule has 0 radical (unpaired) electrons. The number of rotatable bonds is 9. The molecule has 0 saturated carbocycles. The normalized spacial score (nSPS) is 15.5. The van der Waals surface area contributed by atoms with Gasteiger partial charge in [0.05, 0.1) is 11.9 Å². The Labute approximate surface area is 274 Å². The standard InChI is InChI=1S/C35H33F4N5O4/c1-4-30(45)43-17-16-42(21-23(43)3)34(47)31(25-11-10-22(2)29(36)18-25)48-28-14-12-24(13-15-28)33(46)40-19-26-20-41-44(32(26)35(37,38)39)27-8-6-5-7-9-27/h4-15,18,20,23,31H,1,16-17,19,21H2,2-3H3,(H,40,46)/t23-,31-/m1/s1. The number of alkyl halides is 3. The number of halogens is 4. The van der Waals surface area contributed by atoms with Gasteiger partial charge in [0.25, 0.3) is 11.8 Å². The van der Waals surface area contributed by atoms with Crippen molar-refractivity contribution in [3.63, 3.8) is 0 Å². The molecule has 0 spiro atoms. The third kappa shape index (κ3) is 7.40. The second-order valence-corrected chi connectivity index (χ2v) is 11.3. The van der Waals surface area contributed by atoms with Gasteiger partial charge >= 0.3 is 6.18 Å². The number of piperazine rings is 1. The van der Waals surface area contributed by atoms with Crippen molar-refractivity contribution in [3.8, 4) is 11.4 Å². The van der Waals surface area contributed by atoms with Gasteiger partial charge in [0.1, 0.15) is 11.6 Å². The van der Waals surface area contributed by atoms with Gasteiger partial charge in [-0.25, -0.2) is 9.07 Å². The highest BCUT2D eigenvalue weighted by Crippen LogP contribution is 2.34. The van der Waals surface area contributed by atoms with Gasteiger partial charge in [-0.3, -0.25) is 14.4 Å². The lowest BCUT2D eigenvalue weighted by molar-refractivity contribution is -0.145. The summed E-state index contributed by atoms with van der Waals surface area (Å²) in [4.78, 5) is 42.0. The Bertz CT molecular complexity index is 1810. The average Bonchev–Trinajstić information content (AvgIpc) is 3.52. The minimum Gasteiger partial charge on any atom is -0.476 e. The lowest BCUT2D eigenvalue weighted by Gasteiger charge is -2.40. The van der Waals surface area contributed by atoms with Gasteiger partial charge < -0.3 is 19.9 Å². The van der Waals surface area contributed by atoms with Gasteiger partial charge in [-0.1, -0.05) is 36.9 Å². The van der Waals surface area contributed by atoms with Gasteiger partial charge in [-0.05, 0) is 68.0 Å². The topological polar surface area (TPSA) is 96.8 Å². The number of ether oxygens (including phenoxy) is 1. The number of amides is 3. The quantitative estimate of drug-likeness (QED) is 0.185. The van der Waals surface area contributed by atoms with Crippen molar-refractivity contribution >= 4 is 17.7 Å². The Morgan fingerprint density at radius 1 is 1.06 bits per heavy atom. The molecule has 5 rings (SSSR count). The largest absolute Gasteiger partial charge is 0.476 e. The highest BCUT2D eigenvalue weighted by Gasteiger charge is 2.39. The van der Waals surface area contributed by atoms with Crippen molar-refractivity contribution in [1.29, 1.82) is 0 Å². The molecular formula is C35H33F4N5O4. The van der Waals surface area contributed by atoms with Crippen LogP contribution in [0.25, 0.3) is 5.69 Å². The first kappa shape index (κ1) is 33.9. The van der Waals surface area contributed by atoms with Crippen molar-refractivity contribution in [3.05, 3.63) is 125 Å². The van der Waals surface area contributed by atoms with E-state index in [1.165, 1.54) is 48.5 Å². The molecule has 0 aliphatic carbocycles. The summed E-state index contributed by atoms with van der Waals surface area (Å²) in [5.74, 6) is -1.64. The molecule has 1 saturated heterocycles. The summed E-state index contributed by atoms with van der Waals surface area (Å²) in [6.07, 6.45) is -3.68. The molecule has 0 unspecified atom stereocenters. The number of hydrogen-bond donors (Lipinski definition) is 1. The van der Waals surface area contributed by atoms with E-state index in [0.29, 0.717) is 5.56 Å². The molecule has 1 N–H and O–H groups in total. The van der Waals surface area contributed by atoms with Crippen LogP contribution in [0.1, 0.15) is 45.8 Å². The van der Waals surface area contributed by atoms with E-state index < -0.39 is 42.2 Å². The predicted molar refractivity (Wildman–Crippen MR) is 169 cm³/mol. The summed E-state index contributed by atoms with van der Waals surface area (Å²) in [6.45, 7) is 7.24. The zero-order valence-electron chi connectivity index (χ0n) is 26.2. The van der Waals surface area contributed by atoms with Crippen LogP contribution in [0.2, 0.25) is 0 Å². The van der Waals surface area contributed by atoms with Crippen LogP contribution >= 0.6 is 0 Å². The Morgan fingerprint density at radius 2 is 1.77 bits per heavy atom. The van der Waals surface area contributed by atoms with E-state index in [1.54, 1.807) is 47.1 Å². The van der Waals surface area contributed by atoms with Crippen molar-refractivity contribution in [2.45, 2.75) is 38.7 Å². The Balaban J connectivity index is 1.31. The van der Waals surface area contributed by atoms with Gasteiger partial charge in [0.2, 0.25) is 12.0 Å². The number of para-hydroxylation sites is 1. The minimum atomic E-state index is -4.73. The maximum absolute atomic E-state index is 14.6. The smallest absolute Gasteiger partial charge is 0.433 e. The van der Waals surface area contributed by atoms with E-state index in [-0.39, 0.29) is 59.7 Å². The lowest BCUT2D eigenvalue weighted by Crippen LogP contribution is -2.56. The molecule has 9 nitrogen and oxygen atoms in total. The number of aryl methyl sites for hydroxylation is 1. The van der Waals surface area contributed by atoms with Crippen LogP contribution in [0.15, 0.2) is 91.6 Å². The summed E-state index contributed by atoms with van der Waals surface area (Å²) in [6, 6.07) is 17.6. The van der Waals surface area contributed by atoms with E-state index in [0.717, 1.165) is 10.9 Å². The fourth-order valence-electron chi connectivity index (χ4n) is 5.48. The highest BCUT2D eigenvalue weighted by atomic mass is 19.4. The summed E-state index contributed by atoms with van der Waals surface area (Å²) >= 11 is 0. The summed E-state index contributed by atoms with van der Waals surface area (Å²) < 4.78 is 63.4. The highest BCUT2D eigenvalue weighted by molar-refractivity contribution is 5.94. The predicted octanol–water partition coefficient (Wildman–Crippen LogP) is 5.63. The number of carbonyl (C=O) groups is 3. The lowest BCUT2D eigenvalue weighted by atomic mass is 10.0. The number of nitrogens with one attached hydrogen (secondary N) is 1. The molecule has 2 heterocycles. The maximum atomic E-state index is 14.6. The molecule has 0 bridgehead atoms. The van der Waals surface area contributed by atoms with E-state index >= 15 is 0 Å². The number of nitrogens with zero attached hydrogens (tertiary/aromatic N) is 4. The molecule has 1 aliphatic heterocycles. The Kier molecular flexibility index (Phi) is 9.97. The van der Waals surface area contributed by atoms with E-state index in [9.17, 15) is 31.9 Å². The molecule has 250 valence electrons. The number of benzene rings is 3. The molecule has 13 heteroatoms. The second-order valence-electron chi connectivity index (χ2n) is 11.3. The van der Waals surface area contributed by atoms with Gasteiger partial charge in [0.15, 0.2) is 5.69 Å². The Morgan fingerprint density at radius 3 is 2.40 bits per heavy atom. The number of hydrogen-bond acceptors (Lipinski definition) is 5. The maximum Gasteiger partial charge on any atom is 0.433 e. The molecule has 1 fully saturated rings. The van der Waals surface area contributed by atoms with E-state index in [4.69, 9.17) is 4.74 Å². The first-order chi connectivity index (χ1) is 22.9. The van der Waals surface area contributed by atoms with E-state index in [1.807, 2.05) is 6.92 Å². The van der Waals surface area contributed by atoms with Crippen LogP contribution in [0.3, 0.4) is 0 Å². The van der Waals surface area contributed by atoms with Crippen molar-refractivity contribution < 1.29 is 36.7 Å². The molecule has 48 heavy (non-hydrogen) atoms. The Hall–Kier alpha value is -5.46. The molecule has 1 aromatic heterocycles. The molecular weight excluding hydrogens is 630 g/mol. The molecule has 3 aromatic carbocycles. The van der Waals surface area contributed by atoms with Gasteiger partial charge in [-0.15, -0.1) is 0 Å². The summed E-state index contributed by atoms with van der Waals surface area (Å²) in [5, 5.41) is 6.40. The SMILES string of the molecule is C=CC(=O)N1CCN(C(=O)[C@H](Oc2ccc(C(=O)NCc3cnn(-c4ccccc4)c3C(F)(F)F)cc2)c2ccc(C)c(F)c2)C[C@H]1C. The van der Waals surface area contributed by atoms with Crippen LogP contribution in [0.5, 0.6) is 5.75 Å². The van der Waals surface area contributed by atoms with Crippen LogP contribution in [-0.2, 0) is 22.3 Å². The number of aromatic nitrogens is 2. The number of carbonyl (C=O) groups excluding carboxylic acids is 3. The first-order valence-corrected chi connectivity index (χ1v) is 15.1. The fourth-order valence-corrected chi connectivity index (χ4v) is 5.48. The second kappa shape index (κ2) is 14.1. The average molecular weight is 664 g/mol. The van der Waals surface area contributed by atoms with Crippen molar-refractivity contribution in [1.82, 2.24) is 24.9 Å². The van der Waals surface area contributed by atoms with Gasteiger partial charge in [0, 0.05) is 48.9 Å². The van der Waals surface area contributed by atoms with Crippen molar-refractivity contribution in [2.24, 2.45) is 0 Å². The molecule has 4 aromatic rings. The third-order valence-electron chi connectivity index (χ3n) is 8.04. The van der Waals surface area contributed by atoms with Gasteiger partial charge in [-0.2, -0.15) is 18.3 Å². The minimum absolute atomic E-state index is 0.132. The van der Waals surface area contributed by atoms with E-state index in [2.05, 4.69) is 17.0 Å². The first-order valence-electron chi connectivity index (χ1n) is 15.1. The van der Waals surface area contributed by atoms with Crippen LogP contribution in [-0.4, -0.2) is 63.0 Å². The monoisotopic (exact) mass is 663 g/mol. The van der Waals surface area contributed by atoms with Crippen molar-refractivity contribution in [2.75, 3.05) is 19.6 Å². The molecule has 2 atom stereocenters.